The molecule has 3 fully saturated rings. The Hall–Kier alpha value is -1.35. The fourth-order valence-corrected chi connectivity index (χ4v) is 3.78. The van der Waals surface area contributed by atoms with Gasteiger partial charge in [-0.3, -0.25) is 9.91 Å². The van der Waals surface area contributed by atoms with E-state index < -0.39 is 0 Å². The average Bonchev–Trinajstić information content (AvgIpc) is 2.58. The molecule has 1 aromatic rings. The molecule has 1 unspecified atom stereocenters. The van der Waals surface area contributed by atoms with Gasteiger partial charge >= 0.3 is 0 Å². The van der Waals surface area contributed by atoms with E-state index in [-0.39, 0.29) is 0 Å². The highest BCUT2D eigenvalue weighted by Crippen LogP contribution is 2.35. The lowest BCUT2D eigenvalue weighted by Crippen LogP contribution is -2.56. The maximum absolute atomic E-state index is 4.93. The van der Waals surface area contributed by atoms with Crippen molar-refractivity contribution in [3.8, 4) is 0 Å². The molecule has 1 aromatic carbocycles. The quantitative estimate of drug-likeness (QED) is 0.693. The van der Waals surface area contributed by atoms with Crippen LogP contribution in [0.15, 0.2) is 29.4 Å². The fourth-order valence-electron chi connectivity index (χ4n) is 3.78. The Morgan fingerprint density at radius 1 is 1.17 bits per heavy atom. The number of fused-ring (bicyclic) bond motifs is 3. The zero-order valence-corrected chi connectivity index (χ0v) is 10.8. The monoisotopic (exact) mass is 241 g/mol. The number of anilines is 1. The van der Waals surface area contributed by atoms with Gasteiger partial charge in [0.15, 0.2) is 0 Å². The van der Waals surface area contributed by atoms with Crippen molar-refractivity contribution in [2.45, 2.75) is 25.3 Å². The molecule has 5 rings (SSSR count). The van der Waals surface area contributed by atoms with Crippen LogP contribution >= 0.6 is 0 Å². The number of hydrogen-bond acceptors (Lipinski definition) is 3. The van der Waals surface area contributed by atoms with Crippen molar-refractivity contribution in [2.24, 2.45) is 11.0 Å². The summed E-state index contributed by atoms with van der Waals surface area (Å²) in [6.07, 6.45) is 3.74. The number of benzene rings is 1. The SMILES string of the molecule is CN1N=C2C3CCN(CC3)C2Cc2ccccc21. The van der Waals surface area contributed by atoms with Gasteiger partial charge in [-0.05, 0) is 44.0 Å². The van der Waals surface area contributed by atoms with E-state index in [0.29, 0.717) is 6.04 Å². The summed E-state index contributed by atoms with van der Waals surface area (Å²) in [6, 6.07) is 9.26. The van der Waals surface area contributed by atoms with Crippen LogP contribution in [-0.4, -0.2) is 36.8 Å². The van der Waals surface area contributed by atoms with E-state index in [0.717, 1.165) is 12.3 Å². The Labute approximate surface area is 108 Å². The van der Waals surface area contributed by atoms with E-state index >= 15 is 0 Å². The lowest BCUT2D eigenvalue weighted by molar-refractivity contribution is 0.145. The summed E-state index contributed by atoms with van der Waals surface area (Å²) < 4.78 is 0. The topological polar surface area (TPSA) is 18.8 Å². The first-order valence-corrected chi connectivity index (χ1v) is 6.97. The molecule has 0 aromatic heterocycles. The molecule has 3 heteroatoms. The maximum atomic E-state index is 4.93. The largest absolute Gasteiger partial charge is 0.295 e. The van der Waals surface area contributed by atoms with E-state index in [9.17, 15) is 0 Å². The Balaban J connectivity index is 1.81. The van der Waals surface area contributed by atoms with Crippen LogP contribution in [0.4, 0.5) is 5.69 Å². The smallest absolute Gasteiger partial charge is 0.0623 e. The molecule has 2 bridgehead atoms. The van der Waals surface area contributed by atoms with E-state index in [1.165, 1.54) is 42.9 Å². The van der Waals surface area contributed by atoms with Gasteiger partial charge in [-0.1, -0.05) is 18.2 Å². The average molecular weight is 241 g/mol. The van der Waals surface area contributed by atoms with E-state index in [1.54, 1.807) is 0 Å². The molecule has 94 valence electrons. The summed E-state index contributed by atoms with van der Waals surface area (Å²) in [5, 5.41) is 7.02. The molecule has 18 heavy (non-hydrogen) atoms. The zero-order valence-electron chi connectivity index (χ0n) is 10.8. The summed E-state index contributed by atoms with van der Waals surface area (Å²) in [4.78, 5) is 2.63. The van der Waals surface area contributed by atoms with Crippen LogP contribution in [0.5, 0.6) is 0 Å². The van der Waals surface area contributed by atoms with Gasteiger partial charge in [-0.15, -0.1) is 0 Å². The molecule has 0 saturated carbocycles. The minimum absolute atomic E-state index is 0.559. The number of hydrazone groups is 1. The number of para-hydroxylation sites is 1. The molecular weight excluding hydrogens is 222 g/mol. The Morgan fingerprint density at radius 3 is 2.78 bits per heavy atom. The highest BCUT2D eigenvalue weighted by atomic mass is 15.5. The van der Waals surface area contributed by atoms with Gasteiger partial charge in [0, 0.05) is 13.0 Å². The van der Waals surface area contributed by atoms with Gasteiger partial charge in [0.05, 0.1) is 17.4 Å². The van der Waals surface area contributed by atoms with Crippen molar-refractivity contribution >= 4 is 11.4 Å². The van der Waals surface area contributed by atoms with E-state index in [4.69, 9.17) is 5.10 Å². The van der Waals surface area contributed by atoms with Crippen LogP contribution in [0.1, 0.15) is 18.4 Å². The number of hydrogen-bond donors (Lipinski definition) is 0. The van der Waals surface area contributed by atoms with Crippen molar-refractivity contribution in [2.75, 3.05) is 25.1 Å². The third-order valence-corrected chi connectivity index (χ3v) is 4.75. The van der Waals surface area contributed by atoms with Crippen LogP contribution in [0.25, 0.3) is 0 Å². The first-order valence-electron chi connectivity index (χ1n) is 6.97. The van der Waals surface area contributed by atoms with Gasteiger partial charge in [-0.25, -0.2) is 0 Å². The summed E-state index contributed by atoms with van der Waals surface area (Å²) in [7, 11) is 2.09. The third-order valence-electron chi connectivity index (χ3n) is 4.75. The molecular formula is C15H19N3. The predicted molar refractivity (Wildman–Crippen MR) is 74.1 cm³/mol. The second-order valence-corrected chi connectivity index (χ2v) is 5.71. The molecule has 0 N–H and O–H groups in total. The van der Waals surface area contributed by atoms with Gasteiger partial charge < -0.3 is 0 Å². The molecule has 1 atom stereocenters. The normalized spacial score (nSPS) is 33.5. The van der Waals surface area contributed by atoms with Crippen LogP contribution in [0.3, 0.4) is 0 Å². The lowest BCUT2D eigenvalue weighted by atomic mass is 9.79. The van der Waals surface area contributed by atoms with Crippen molar-refractivity contribution < 1.29 is 0 Å². The van der Waals surface area contributed by atoms with Gasteiger partial charge in [-0.2, -0.15) is 5.10 Å². The molecule has 3 saturated heterocycles. The standard InChI is InChI=1S/C15H19N3/c1-17-13-5-3-2-4-12(13)10-14-15(16-17)11-6-8-18(14)9-7-11/h2-5,11,14H,6-10H2,1H3. The molecule has 0 amide bonds. The summed E-state index contributed by atoms with van der Waals surface area (Å²) in [6.45, 7) is 2.53. The molecule has 4 aliphatic heterocycles. The van der Waals surface area contributed by atoms with E-state index in [2.05, 4.69) is 41.2 Å². The molecule has 0 spiro atoms. The molecule has 3 nitrogen and oxygen atoms in total. The maximum Gasteiger partial charge on any atom is 0.0623 e. The first-order chi connectivity index (χ1) is 8.83. The van der Waals surface area contributed by atoms with Crippen molar-refractivity contribution in [3.05, 3.63) is 29.8 Å². The van der Waals surface area contributed by atoms with Gasteiger partial charge in [0.2, 0.25) is 0 Å². The lowest BCUT2D eigenvalue weighted by Gasteiger charge is -2.45. The summed E-state index contributed by atoms with van der Waals surface area (Å²) in [5.74, 6) is 0.733. The van der Waals surface area contributed by atoms with Crippen LogP contribution in [0.2, 0.25) is 0 Å². The van der Waals surface area contributed by atoms with Crippen molar-refractivity contribution in [1.82, 2.24) is 4.90 Å². The highest BCUT2D eigenvalue weighted by Gasteiger charge is 2.40. The van der Waals surface area contributed by atoms with Gasteiger partial charge in [0.1, 0.15) is 0 Å². The minimum atomic E-state index is 0.559. The molecule has 4 aliphatic rings. The third kappa shape index (κ3) is 1.43. The summed E-state index contributed by atoms with van der Waals surface area (Å²) >= 11 is 0. The molecule has 0 aliphatic carbocycles. The minimum Gasteiger partial charge on any atom is -0.295 e. The first kappa shape index (κ1) is 10.6. The fraction of sp³-hybridized carbons (Fsp3) is 0.533. The van der Waals surface area contributed by atoms with Crippen molar-refractivity contribution in [3.63, 3.8) is 0 Å². The number of nitrogens with zero attached hydrogens (tertiary/aromatic N) is 3. The van der Waals surface area contributed by atoms with E-state index in [1.807, 2.05) is 0 Å². The zero-order chi connectivity index (χ0) is 12.1. The molecule has 4 heterocycles. The Bertz CT molecular complexity index is 500. The Morgan fingerprint density at radius 2 is 1.94 bits per heavy atom. The second-order valence-electron chi connectivity index (χ2n) is 5.71. The Kier molecular flexibility index (Phi) is 2.24. The van der Waals surface area contributed by atoms with Crippen LogP contribution in [-0.2, 0) is 6.42 Å². The van der Waals surface area contributed by atoms with Crippen LogP contribution in [0, 0.1) is 5.92 Å². The molecule has 0 radical (unpaired) electrons. The predicted octanol–water partition coefficient (Wildman–Crippen LogP) is 2.13. The van der Waals surface area contributed by atoms with Crippen molar-refractivity contribution in [1.29, 1.82) is 0 Å². The second kappa shape index (κ2) is 3.82. The van der Waals surface area contributed by atoms with Gasteiger partial charge in [0.25, 0.3) is 0 Å². The number of rotatable bonds is 0. The highest BCUT2D eigenvalue weighted by molar-refractivity contribution is 5.95. The van der Waals surface area contributed by atoms with Crippen LogP contribution < -0.4 is 5.01 Å². The number of piperidine rings is 3. The summed E-state index contributed by atoms with van der Waals surface area (Å²) in [5.41, 5.74) is 4.16.